The van der Waals surface area contributed by atoms with Gasteiger partial charge in [0.15, 0.2) is 0 Å². The highest BCUT2D eigenvalue weighted by Gasteiger charge is 2.41. The molecule has 0 saturated carbocycles. The standard InChI is InChI=1S/C19H22Cl2N4O/c1-12-3-4-13(26-12)11-22-18-19(5-7-25(2)8-6-19)24-17-10-15(21)14(20)9-16(17)23-18/h3-4,9-10,24H,5-8,11H2,1-2H3,(H,22,23). The van der Waals surface area contributed by atoms with Crippen molar-refractivity contribution in [1.29, 1.82) is 0 Å². The SMILES string of the molecule is Cc1ccc(CNC2=Nc3cc(Cl)c(Cl)cc3NC23CCN(C)CC3)o1. The van der Waals surface area contributed by atoms with E-state index in [0.717, 1.165) is 54.7 Å². The smallest absolute Gasteiger partial charge is 0.129 e. The highest BCUT2D eigenvalue weighted by atomic mass is 35.5. The van der Waals surface area contributed by atoms with Crippen molar-refractivity contribution in [3.05, 3.63) is 45.8 Å². The molecule has 2 N–H and O–H groups in total. The molecule has 0 radical (unpaired) electrons. The molecular weight excluding hydrogens is 371 g/mol. The van der Waals surface area contributed by atoms with Crippen LogP contribution in [0.1, 0.15) is 24.4 Å². The summed E-state index contributed by atoms with van der Waals surface area (Å²) < 4.78 is 5.69. The molecule has 138 valence electrons. The number of furan rings is 1. The van der Waals surface area contributed by atoms with Gasteiger partial charge in [0.05, 0.1) is 33.5 Å². The Balaban J connectivity index is 1.67. The number of nitrogens with zero attached hydrogens (tertiary/aromatic N) is 2. The summed E-state index contributed by atoms with van der Waals surface area (Å²) in [6.45, 7) is 4.56. The first-order valence-corrected chi connectivity index (χ1v) is 9.55. The van der Waals surface area contributed by atoms with Crippen molar-refractivity contribution in [1.82, 2.24) is 10.2 Å². The predicted molar refractivity (Wildman–Crippen MR) is 107 cm³/mol. The number of amidine groups is 1. The molecule has 0 bridgehead atoms. The molecular formula is C19H22Cl2N4O. The van der Waals surface area contributed by atoms with Gasteiger partial charge in [-0.1, -0.05) is 23.2 Å². The minimum absolute atomic E-state index is 0.224. The second kappa shape index (κ2) is 6.80. The Hall–Kier alpha value is -1.69. The molecule has 26 heavy (non-hydrogen) atoms. The number of anilines is 1. The summed E-state index contributed by atoms with van der Waals surface area (Å²) in [7, 11) is 2.15. The summed E-state index contributed by atoms with van der Waals surface area (Å²) in [5, 5.41) is 8.25. The van der Waals surface area contributed by atoms with Crippen molar-refractivity contribution in [3.63, 3.8) is 0 Å². The van der Waals surface area contributed by atoms with E-state index in [9.17, 15) is 0 Å². The number of benzene rings is 1. The third-order valence-electron chi connectivity index (χ3n) is 5.16. The summed E-state index contributed by atoms with van der Waals surface area (Å²) in [4.78, 5) is 7.25. The fourth-order valence-corrected chi connectivity index (χ4v) is 3.92. The van der Waals surface area contributed by atoms with Gasteiger partial charge in [-0.05, 0) is 51.1 Å². The minimum Gasteiger partial charge on any atom is -0.465 e. The number of hydrogen-bond acceptors (Lipinski definition) is 5. The molecule has 0 atom stereocenters. The lowest BCUT2D eigenvalue weighted by atomic mass is 9.84. The van der Waals surface area contributed by atoms with Gasteiger partial charge >= 0.3 is 0 Å². The highest BCUT2D eigenvalue weighted by molar-refractivity contribution is 6.42. The van der Waals surface area contributed by atoms with Crippen LogP contribution in [0.3, 0.4) is 0 Å². The predicted octanol–water partition coefficient (Wildman–Crippen LogP) is 4.60. The summed E-state index contributed by atoms with van der Waals surface area (Å²) in [5.41, 5.74) is 1.52. The fraction of sp³-hybridized carbons (Fsp3) is 0.421. The van der Waals surface area contributed by atoms with E-state index in [1.807, 2.05) is 31.2 Å². The van der Waals surface area contributed by atoms with Crippen molar-refractivity contribution in [2.45, 2.75) is 31.8 Å². The largest absolute Gasteiger partial charge is 0.465 e. The van der Waals surface area contributed by atoms with E-state index in [0.29, 0.717) is 16.6 Å². The van der Waals surface area contributed by atoms with Crippen LogP contribution in [0.4, 0.5) is 11.4 Å². The third-order valence-corrected chi connectivity index (χ3v) is 5.89. The van der Waals surface area contributed by atoms with E-state index in [1.54, 1.807) is 0 Å². The van der Waals surface area contributed by atoms with Crippen LogP contribution in [0.25, 0.3) is 0 Å². The van der Waals surface area contributed by atoms with Crippen LogP contribution >= 0.6 is 23.2 Å². The second-order valence-electron chi connectivity index (χ2n) is 7.12. The number of fused-ring (bicyclic) bond motifs is 1. The first-order valence-electron chi connectivity index (χ1n) is 8.79. The quantitative estimate of drug-likeness (QED) is 0.783. The van der Waals surface area contributed by atoms with Crippen LogP contribution in [-0.2, 0) is 6.54 Å². The molecule has 3 heterocycles. The van der Waals surface area contributed by atoms with E-state index >= 15 is 0 Å². The summed E-state index contributed by atoms with van der Waals surface area (Å²) in [6, 6.07) is 7.65. The van der Waals surface area contributed by atoms with Gasteiger partial charge in [-0.3, -0.25) is 0 Å². The summed E-state index contributed by atoms with van der Waals surface area (Å²) in [6.07, 6.45) is 1.93. The molecule has 0 aliphatic carbocycles. The van der Waals surface area contributed by atoms with Crippen molar-refractivity contribution >= 4 is 40.4 Å². The Labute approximate surface area is 163 Å². The van der Waals surface area contributed by atoms with Gasteiger partial charge in [0.1, 0.15) is 17.4 Å². The monoisotopic (exact) mass is 392 g/mol. The molecule has 0 unspecified atom stereocenters. The molecule has 0 amide bonds. The van der Waals surface area contributed by atoms with E-state index in [1.165, 1.54) is 0 Å². The molecule has 1 spiro atoms. The van der Waals surface area contributed by atoms with Gasteiger partial charge in [-0.25, -0.2) is 4.99 Å². The summed E-state index contributed by atoms with van der Waals surface area (Å²) in [5.74, 6) is 2.74. The number of halogens is 2. The average molecular weight is 393 g/mol. The van der Waals surface area contributed by atoms with Crippen LogP contribution in [0.2, 0.25) is 10.0 Å². The van der Waals surface area contributed by atoms with E-state index in [2.05, 4.69) is 22.6 Å². The molecule has 1 saturated heterocycles. The Morgan fingerprint density at radius 2 is 1.96 bits per heavy atom. The number of aliphatic imine (C=N–C) groups is 1. The van der Waals surface area contributed by atoms with Crippen molar-refractivity contribution in [3.8, 4) is 0 Å². The van der Waals surface area contributed by atoms with Gasteiger partial charge < -0.3 is 20.0 Å². The van der Waals surface area contributed by atoms with Crippen LogP contribution in [0.5, 0.6) is 0 Å². The van der Waals surface area contributed by atoms with Crippen molar-refractivity contribution < 1.29 is 4.42 Å². The molecule has 4 rings (SSSR count). The van der Waals surface area contributed by atoms with Crippen LogP contribution < -0.4 is 10.6 Å². The molecule has 7 heteroatoms. The zero-order valence-corrected chi connectivity index (χ0v) is 16.4. The lowest BCUT2D eigenvalue weighted by Crippen LogP contribution is -2.58. The molecule has 1 aromatic carbocycles. The lowest BCUT2D eigenvalue weighted by Gasteiger charge is -2.45. The number of aryl methyl sites for hydroxylation is 1. The maximum atomic E-state index is 6.22. The molecule has 1 aromatic heterocycles. The lowest BCUT2D eigenvalue weighted by molar-refractivity contribution is 0.238. The van der Waals surface area contributed by atoms with Crippen LogP contribution in [0, 0.1) is 6.92 Å². The van der Waals surface area contributed by atoms with Gasteiger partial charge in [-0.15, -0.1) is 0 Å². The Morgan fingerprint density at radius 3 is 2.65 bits per heavy atom. The first-order chi connectivity index (χ1) is 12.4. The fourth-order valence-electron chi connectivity index (χ4n) is 3.60. The molecule has 1 fully saturated rings. The van der Waals surface area contributed by atoms with Crippen LogP contribution in [0.15, 0.2) is 33.7 Å². The van der Waals surface area contributed by atoms with Gasteiger partial charge in [-0.2, -0.15) is 0 Å². The number of nitrogens with one attached hydrogen (secondary N) is 2. The van der Waals surface area contributed by atoms with Gasteiger partial charge in [0.2, 0.25) is 0 Å². The Morgan fingerprint density at radius 1 is 1.23 bits per heavy atom. The minimum atomic E-state index is -0.224. The van der Waals surface area contributed by atoms with Crippen molar-refractivity contribution in [2.75, 3.05) is 25.5 Å². The molecule has 2 aliphatic heterocycles. The first kappa shape index (κ1) is 17.7. The maximum Gasteiger partial charge on any atom is 0.129 e. The average Bonchev–Trinajstić information content (AvgIpc) is 3.03. The number of likely N-dealkylation sites (tertiary alicyclic amines) is 1. The van der Waals surface area contributed by atoms with Gasteiger partial charge in [0.25, 0.3) is 0 Å². The molecule has 2 aliphatic rings. The molecule has 2 aromatic rings. The number of hydrogen-bond donors (Lipinski definition) is 2. The van der Waals surface area contributed by atoms with Gasteiger partial charge in [0, 0.05) is 13.1 Å². The van der Waals surface area contributed by atoms with E-state index in [-0.39, 0.29) is 5.54 Å². The van der Waals surface area contributed by atoms with Crippen molar-refractivity contribution in [2.24, 2.45) is 4.99 Å². The maximum absolute atomic E-state index is 6.22. The Bertz CT molecular complexity index is 853. The topological polar surface area (TPSA) is 52.8 Å². The number of piperidine rings is 1. The zero-order chi connectivity index (χ0) is 18.3. The van der Waals surface area contributed by atoms with E-state index < -0.39 is 0 Å². The Kier molecular flexibility index (Phi) is 4.63. The summed E-state index contributed by atoms with van der Waals surface area (Å²) >= 11 is 12.4. The molecule has 5 nitrogen and oxygen atoms in total. The number of rotatable bonds is 2. The zero-order valence-electron chi connectivity index (χ0n) is 14.9. The third kappa shape index (κ3) is 3.31. The van der Waals surface area contributed by atoms with Crippen LogP contribution in [-0.4, -0.2) is 36.4 Å². The normalized spacial score (nSPS) is 19.0. The highest BCUT2D eigenvalue weighted by Crippen LogP contribution is 2.41. The van der Waals surface area contributed by atoms with E-state index in [4.69, 9.17) is 32.6 Å². The second-order valence-corrected chi connectivity index (χ2v) is 7.93.